The lowest BCUT2D eigenvalue weighted by molar-refractivity contribution is -0.123. The van der Waals surface area contributed by atoms with Gasteiger partial charge >= 0.3 is 0 Å². The van der Waals surface area contributed by atoms with E-state index in [4.69, 9.17) is 4.74 Å². The van der Waals surface area contributed by atoms with Crippen LogP contribution in [0.4, 0.5) is 11.4 Å². The second-order valence-corrected chi connectivity index (χ2v) is 8.24. The van der Waals surface area contributed by atoms with Gasteiger partial charge in [0.15, 0.2) is 0 Å². The van der Waals surface area contributed by atoms with Crippen LogP contribution in [0.5, 0.6) is 17.2 Å². The lowest BCUT2D eigenvalue weighted by Gasteiger charge is -2.38. The maximum atomic E-state index is 13.2. The molecule has 0 bridgehead atoms. The van der Waals surface area contributed by atoms with Crippen LogP contribution in [0, 0.1) is 0 Å². The van der Waals surface area contributed by atoms with E-state index in [2.05, 4.69) is 9.80 Å². The van der Waals surface area contributed by atoms with Crippen LogP contribution in [0.25, 0.3) is 0 Å². The largest absolute Gasteiger partial charge is 0.508 e. The zero-order valence-electron chi connectivity index (χ0n) is 18.1. The molecular weight excluding hydrogens is 418 g/mol. The average Bonchev–Trinajstić information content (AvgIpc) is 3.15. The summed E-state index contributed by atoms with van der Waals surface area (Å²) in [5, 5.41) is 9.49. The van der Waals surface area contributed by atoms with Gasteiger partial charge in [-0.3, -0.25) is 14.5 Å². The molecule has 7 heteroatoms. The van der Waals surface area contributed by atoms with Crippen LogP contribution in [0.3, 0.4) is 0 Å². The Kier molecular flexibility index (Phi) is 5.71. The molecule has 1 N–H and O–H groups in total. The third-order valence-corrected chi connectivity index (χ3v) is 6.17. The molecule has 3 aromatic carbocycles. The Balaban J connectivity index is 1.22. The van der Waals surface area contributed by atoms with Crippen molar-refractivity contribution >= 4 is 23.2 Å². The van der Waals surface area contributed by atoms with Crippen LogP contribution in [-0.4, -0.2) is 54.0 Å². The van der Waals surface area contributed by atoms with Gasteiger partial charge in [-0.05, 0) is 60.7 Å². The Morgan fingerprint density at radius 3 is 2.00 bits per heavy atom. The number of nitrogens with zero attached hydrogens (tertiary/aromatic N) is 3. The fourth-order valence-corrected chi connectivity index (χ4v) is 4.42. The fourth-order valence-electron chi connectivity index (χ4n) is 4.42. The normalized spacial score (nSPS) is 19.2. The highest BCUT2D eigenvalue weighted by Crippen LogP contribution is 2.30. The molecule has 2 amide bonds. The molecule has 2 fully saturated rings. The Hall–Kier alpha value is -3.84. The molecule has 1 atom stereocenters. The number of hydrogen-bond donors (Lipinski definition) is 1. The number of benzene rings is 3. The highest BCUT2D eigenvalue weighted by molar-refractivity contribution is 6.22. The molecule has 168 valence electrons. The Bertz CT molecular complexity index is 1120. The van der Waals surface area contributed by atoms with Crippen molar-refractivity contribution in [1.29, 1.82) is 0 Å². The SMILES string of the molecule is O=C1CC(N2CCN(c3ccc(O)cc3)CC2)C(=O)N1c1ccc(Oc2ccccc2)cc1. The smallest absolute Gasteiger partial charge is 0.251 e. The van der Waals surface area contributed by atoms with Gasteiger partial charge in [-0.2, -0.15) is 0 Å². The second-order valence-electron chi connectivity index (χ2n) is 8.24. The van der Waals surface area contributed by atoms with E-state index >= 15 is 0 Å². The molecule has 33 heavy (non-hydrogen) atoms. The van der Waals surface area contributed by atoms with Crippen LogP contribution >= 0.6 is 0 Å². The summed E-state index contributed by atoms with van der Waals surface area (Å²) in [6, 6.07) is 23.2. The maximum Gasteiger partial charge on any atom is 0.251 e. The molecule has 7 nitrogen and oxygen atoms in total. The van der Waals surface area contributed by atoms with Gasteiger partial charge in [0.2, 0.25) is 5.91 Å². The fraction of sp³-hybridized carbons (Fsp3) is 0.231. The maximum absolute atomic E-state index is 13.2. The Labute approximate surface area is 192 Å². The molecule has 0 saturated carbocycles. The number of hydrogen-bond acceptors (Lipinski definition) is 6. The van der Waals surface area contributed by atoms with E-state index in [1.54, 1.807) is 36.4 Å². The molecule has 0 spiro atoms. The van der Waals surface area contributed by atoms with Crippen molar-refractivity contribution in [2.75, 3.05) is 36.0 Å². The van der Waals surface area contributed by atoms with E-state index in [9.17, 15) is 14.7 Å². The molecule has 3 aromatic rings. The van der Waals surface area contributed by atoms with Crippen LogP contribution < -0.4 is 14.5 Å². The van der Waals surface area contributed by atoms with Gasteiger partial charge in [-0.1, -0.05) is 18.2 Å². The number of rotatable bonds is 5. The zero-order valence-corrected chi connectivity index (χ0v) is 18.1. The minimum Gasteiger partial charge on any atom is -0.508 e. The van der Waals surface area contributed by atoms with Gasteiger partial charge in [0.05, 0.1) is 18.2 Å². The van der Waals surface area contributed by atoms with Crippen molar-refractivity contribution in [2.45, 2.75) is 12.5 Å². The predicted octanol–water partition coefficient (Wildman–Crippen LogP) is 3.64. The number of aromatic hydroxyl groups is 1. The van der Waals surface area contributed by atoms with Crippen molar-refractivity contribution in [3.8, 4) is 17.2 Å². The van der Waals surface area contributed by atoms with Crippen LogP contribution in [-0.2, 0) is 9.59 Å². The lowest BCUT2D eigenvalue weighted by atomic mass is 10.1. The number of anilines is 2. The summed E-state index contributed by atoms with van der Waals surface area (Å²) in [6.45, 7) is 2.91. The molecule has 2 saturated heterocycles. The average molecular weight is 444 g/mol. The number of carbonyl (C=O) groups is 2. The summed E-state index contributed by atoms with van der Waals surface area (Å²) < 4.78 is 5.80. The molecule has 2 aliphatic rings. The van der Waals surface area contributed by atoms with E-state index in [1.807, 2.05) is 42.5 Å². The monoisotopic (exact) mass is 443 g/mol. The summed E-state index contributed by atoms with van der Waals surface area (Å²) in [7, 11) is 0. The number of imide groups is 1. The van der Waals surface area contributed by atoms with Crippen LogP contribution in [0.2, 0.25) is 0 Å². The summed E-state index contributed by atoms with van der Waals surface area (Å²) in [4.78, 5) is 31.5. The number of piperazine rings is 1. The summed E-state index contributed by atoms with van der Waals surface area (Å²) in [5.41, 5.74) is 1.61. The van der Waals surface area contributed by atoms with E-state index in [0.717, 1.165) is 24.5 Å². The van der Waals surface area contributed by atoms with Gasteiger partial charge in [0, 0.05) is 31.9 Å². The quantitative estimate of drug-likeness (QED) is 0.607. The highest BCUT2D eigenvalue weighted by Gasteiger charge is 2.43. The number of ether oxygens (including phenoxy) is 1. The number of amides is 2. The molecule has 0 aromatic heterocycles. The number of para-hydroxylation sites is 1. The molecular formula is C26H25N3O4. The molecule has 2 aliphatic heterocycles. The summed E-state index contributed by atoms with van der Waals surface area (Å²) in [6.07, 6.45) is 0.195. The van der Waals surface area contributed by atoms with Crippen molar-refractivity contribution in [2.24, 2.45) is 0 Å². The first kappa shape index (κ1) is 21.0. The van der Waals surface area contributed by atoms with Gasteiger partial charge in [-0.25, -0.2) is 4.90 Å². The molecule has 0 aliphatic carbocycles. The van der Waals surface area contributed by atoms with E-state index in [0.29, 0.717) is 24.5 Å². The van der Waals surface area contributed by atoms with Crippen molar-refractivity contribution in [1.82, 2.24) is 4.90 Å². The molecule has 1 unspecified atom stereocenters. The van der Waals surface area contributed by atoms with Crippen molar-refractivity contribution in [3.05, 3.63) is 78.9 Å². The van der Waals surface area contributed by atoms with E-state index in [1.165, 1.54) is 4.90 Å². The van der Waals surface area contributed by atoms with Crippen molar-refractivity contribution in [3.63, 3.8) is 0 Å². The van der Waals surface area contributed by atoms with E-state index < -0.39 is 6.04 Å². The minimum atomic E-state index is -0.431. The molecule has 0 radical (unpaired) electrons. The Morgan fingerprint density at radius 2 is 1.33 bits per heavy atom. The third kappa shape index (κ3) is 4.40. The lowest BCUT2D eigenvalue weighted by Crippen LogP contribution is -2.52. The Morgan fingerprint density at radius 1 is 0.727 bits per heavy atom. The summed E-state index contributed by atoms with van der Waals surface area (Å²) in [5.74, 6) is 1.26. The van der Waals surface area contributed by atoms with Crippen LogP contribution in [0.1, 0.15) is 6.42 Å². The van der Waals surface area contributed by atoms with Crippen molar-refractivity contribution < 1.29 is 19.4 Å². The number of phenolic OH excluding ortho intramolecular Hbond substituents is 1. The topological polar surface area (TPSA) is 73.3 Å². The first-order valence-corrected chi connectivity index (χ1v) is 11.1. The van der Waals surface area contributed by atoms with E-state index in [-0.39, 0.29) is 24.0 Å². The third-order valence-electron chi connectivity index (χ3n) is 6.17. The molecule has 2 heterocycles. The summed E-state index contributed by atoms with van der Waals surface area (Å²) >= 11 is 0. The van der Waals surface area contributed by atoms with Gasteiger partial charge < -0.3 is 14.7 Å². The molecule has 5 rings (SSSR count). The second kappa shape index (κ2) is 8.96. The number of carbonyl (C=O) groups excluding carboxylic acids is 2. The van der Waals surface area contributed by atoms with Crippen LogP contribution in [0.15, 0.2) is 78.9 Å². The minimum absolute atomic E-state index is 0.171. The van der Waals surface area contributed by atoms with Gasteiger partial charge in [0.25, 0.3) is 5.91 Å². The predicted molar refractivity (Wildman–Crippen MR) is 126 cm³/mol. The zero-order chi connectivity index (χ0) is 22.8. The highest BCUT2D eigenvalue weighted by atomic mass is 16.5. The first-order valence-electron chi connectivity index (χ1n) is 11.1. The standard InChI is InChI=1S/C26H25N3O4/c30-21-10-6-19(7-11-21)27-14-16-28(17-15-27)24-18-25(31)29(26(24)32)20-8-12-23(13-9-20)33-22-4-2-1-3-5-22/h1-13,24,30H,14-18H2. The first-order chi connectivity index (χ1) is 16.1. The van der Waals surface area contributed by atoms with Gasteiger partial charge in [0.1, 0.15) is 17.2 Å². The van der Waals surface area contributed by atoms with Gasteiger partial charge in [-0.15, -0.1) is 0 Å². The number of phenols is 1.